The van der Waals surface area contributed by atoms with Gasteiger partial charge in [-0.15, -0.1) is 0 Å². The summed E-state index contributed by atoms with van der Waals surface area (Å²) in [5.74, 6) is -43.5. The normalized spacial score (nSPS) is 14.1. The summed E-state index contributed by atoms with van der Waals surface area (Å²) < 4.78 is 270. The second-order valence-corrected chi connectivity index (χ2v) is 54.0. The van der Waals surface area contributed by atoms with E-state index in [-0.39, 0.29) is 0 Å². The zero-order chi connectivity index (χ0) is 54.4. The van der Waals surface area contributed by atoms with Gasteiger partial charge in [-0.2, -0.15) is 0 Å². The van der Waals surface area contributed by atoms with Crippen LogP contribution in [0.25, 0.3) is 0 Å². The molecule has 0 fully saturated rings. The van der Waals surface area contributed by atoms with E-state index in [9.17, 15) is 0 Å². The van der Waals surface area contributed by atoms with Gasteiger partial charge in [0.05, 0.1) is 0 Å². The second-order valence-electron chi connectivity index (χ2n) is 24.5. The standard InChI is InChI=1S/4C12H15F4Si.Ga/c4*1-12(2,3)17(4,5)11-9(15)7(13)6-8(14)10(11)16;/h4*1-5H3;/q;;;;-1. The molecule has 4 aromatic carbocycles. The third kappa shape index (κ3) is 8.31. The van der Waals surface area contributed by atoms with Crippen LogP contribution in [0.1, 0.15) is 83.1 Å². The Bertz CT molecular complexity index is 2290. The molecule has 0 aliphatic heterocycles. The van der Waals surface area contributed by atoms with Crippen LogP contribution in [-0.4, -0.2) is 47.3 Å². The first-order chi connectivity index (χ1) is 30.5. The number of hydrogen-bond acceptors (Lipinski definition) is 0. The topological polar surface area (TPSA) is 0 Å². The Hall–Kier alpha value is -2.74. The molecule has 4 rings (SSSR count). The monoisotopic (exact) mass is 1120 g/mol. The van der Waals surface area contributed by atoms with Crippen LogP contribution in [0, 0.1) is 93.1 Å². The third-order valence-electron chi connectivity index (χ3n) is 16.9. The summed E-state index contributed by atoms with van der Waals surface area (Å²) in [6.45, 7) is 26.3. The van der Waals surface area contributed by atoms with Crippen molar-refractivity contribution in [1.29, 1.82) is 0 Å². The molecule has 0 aliphatic rings. The third-order valence-corrected chi connectivity index (χ3v) is 50.2. The fourth-order valence-corrected chi connectivity index (χ4v) is 29.1. The van der Waals surface area contributed by atoms with Gasteiger partial charge in [-0.25, -0.2) is 0 Å². The van der Waals surface area contributed by atoms with Crippen LogP contribution in [0.5, 0.6) is 0 Å². The first-order valence-electron chi connectivity index (χ1n) is 22.2. The molecule has 0 radical (unpaired) electrons. The van der Waals surface area contributed by atoms with Gasteiger partial charge in [0.25, 0.3) is 0 Å². The molecule has 0 unspecified atom stereocenters. The summed E-state index contributed by atoms with van der Waals surface area (Å²) in [6, 6.07) is 0. The molecule has 0 aliphatic carbocycles. The zero-order valence-corrected chi connectivity index (χ0v) is 49.0. The van der Waals surface area contributed by atoms with Crippen LogP contribution in [0.15, 0.2) is 0 Å². The Morgan fingerprint density at radius 2 is 0.319 bits per heavy atom. The van der Waals surface area contributed by atoms with Gasteiger partial charge in [0.1, 0.15) is 0 Å². The van der Waals surface area contributed by atoms with Gasteiger partial charge < -0.3 is 0 Å². The van der Waals surface area contributed by atoms with Gasteiger partial charge >= 0.3 is 403 Å². The van der Waals surface area contributed by atoms with Crippen molar-refractivity contribution in [2.24, 2.45) is 0 Å². The molecule has 69 heavy (non-hydrogen) atoms. The molecule has 4 aromatic rings. The number of rotatable bonds is 8. The molecule has 0 heterocycles. The average Bonchev–Trinajstić information content (AvgIpc) is 3.16. The summed E-state index contributed by atoms with van der Waals surface area (Å²) in [7, 11) is -16.0. The van der Waals surface area contributed by atoms with Crippen molar-refractivity contribution in [2.45, 2.75) is 156 Å². The molecule has 0 saturated carbocycles. The predicted octanol–water partition coefficient (Wildman–Crippen LogP) is 12.2. The Balaban J connectivity index is 2.80. The van der Waals surface area contributed by atoms with Crippen molar-refractivity contribution >= 4 is 84.5 Å². The van der Waals surface area contributed by atoms with Crippen molar-refractivity contribution in [1.82, 2.24) is 0 Å². The fraction of sp³-hybridized carbons (Fsp3) is 0.500. The summed E-state index contributed by atoms with van der Waals surface area (Å²) in [4.78, 5) is 0. The number of hydrogen-bond donors (Lipinski definition) is 0. The molecule has 21 heteroatoms. The van der Waals surface area contributed by atoms with Gasteiger partial charge in [-0.05, 0) is 0 Å². The number of benzene rings is 4. The van der Waals surface area contributed by atoms with Crippen LogP contribution in [0.3, 0.4) is 0 Å². The van der Waals surface area contributed by atoms with Gasteiger partial charge in [-0.1, -0.05) is 0 Å². The molecule has 0 aromatic heterocycles. The molecule has 0 nitrogen and oxygen atoms in total. The quantitative estimate of drug-likeness (QED) is 0.0937. The van der Waals surface area contributed by atoms with Gasteiger partial charge in [0.15, 0.2) is 0 Å². The van der Waals surface area contributed by atoms with Crippen molar-refractivity contribution < 1.29 is 70.2 Å². The van der Waals surface area contributed by atoms with E-state index in [1.165, 1.54) is 135 Å². The predicted molar refractivity (Wildman–Crippen MR) is 257 cm³/mol. The zero-order valence-electron chi connectivity index (χ0n) is 42.6. The molecule has 0 amide bonds. The van der Waals surface area contributed by atoms with Crippen LogP contribution in [0.2, 0.25) is 72.5 Å². The summed E-state index contributed by atoms with van der Waals surface area (Å²) >= 11 is -9.54. The molecule has 0 atom stereocenters. The summed E-state index contributed by atoms with van der Waals surface area (Å²) in [5, 5.41) is -10.6. The van der Waals surface area contributed by atoms with Crippen LogP contribution in [0.4, 0.5) is 70.2 Å². The van der Waals surface area contributed by atoms with Crippen LogP contribution in [-0.2, 0) is 0 Å². The van der Waals surface area contributed by atoms with Gasteiger partial charge in [-0.3, -0.25) is 0 Å². The van der Waals surface area contributed by atoms with E-state index in [0.29, 0.717) is 0 Å². The van der Waals surface area contributed by atoms with Gasteiger partial charge in [0.2, 0.25) is 0 Å². The first-order valence-corrected chi connectivity index (χ1v) is 39.0. The Morgan fingerprint density at radius 1 is 0.217 bits per heavy atom. The SMILES string of the molecule is CC(C)(C)[Si](C)(C)c1c(F)c(F)[c]([Ga-]([c]2c(F)c(F)c([Si](C)(C)C(C)(C)C)c(F)c2F)([c]2c(F)c(F)c([Si](C)(C)C(C)(C)C)c(F)c2F)[c]2c(F)c(F)c([Si](C)(C)C(C)(C)C)c(F)c2F)c(F)c1F. The maximum absolute atomic E-state index is 17.9. The molecular formula is C48H60F16GaSi4-. The molecule has 0 spiro atoms. The van der Waals surface area contributed by atoms with Crippen molar-refractivity contribution in [3.63, 3.8) is 0 Å². The first kappa shape index (κ1) is 58.8. The van der Waals surface area contributed by atoms with Crippen molar-refractivity contribution in [2.75, 3.05) is 0 Å². The average molecular weight is 1120 g/mol. The molecule has 384 valence electrons. The Labute approximate surface area is 401 Å². The Morgan fingerprint density at radius 3 is 0.406 bits per heavy atom. The van der Waals surface area contributed by atoms with Crippen LogP contribution >= 0.6 is 0 Å². The molecule has 0 N–H and O–H groups in total. The van der Waals surface area contributed by atoms with E-state index >= 15 is 70.2 Å². The van der Waals surface area contributed by atoms with Crippen molar-refractivity contribution in [3.05, 3.63) is 93.1 Å². The molecule has 0 saturated heterocycles. The molecule has 0 bridgehead atoms. The van der Waals surface area contributed by atoms with Gasteiger partial charge in [0, 0.05) is 0 Å². The second kappa shape index (κ2) is 17.7. The van der Waals surface area contributed by atoms with E-state index in [1.54, 1.807) is 0 Å². The Kier molecular flexibility index (Phi) is 15.1. The molecular weight excluding hydrogens is 1060 g/mol. The van der Waals surface area contributed by atoms with E-state index in [4.69, 9.17) is 0 Å². The summed E-state index contributed by atoms with van der Waals surface area (Å²) in [6.07, 6.45) is 0. The summed E-state index contributed by atoms with van der Waals surface area (Å²) in [5.41, 5.74) is 0. The number of halogens is 16. The van der Waals surface area contributed by atoms with E-state index in [2.05, 4.69) is 0 Å². The van der Waals surface area contributed by atoms with E-state index < -0.39 is 198 Å². The fourth-order valence-electron chi connectivity index (χ4n) is 8.68. The van der Waals surface area contributed by atoms with E-state index in [1.807, 2.05) is 0 Å². The van der Waals surface area contributed by atoms with Crippen molar-refractivity contribution in [3.8, 4) is 0 Å². The minimum absolute atomic E-state index is 1.19. The minimum atomic E-state index is -9.54. The maximum atomic E-state index is 17.9. The van der Waals surface area contributed by atoms with Crippen LogP contribution < -0.4 is 37.2 Å². The van der Waals surface area contributed by atoms with E-state index in [0.717, 1.165) is 0 Å².